The zero-order valence-corrected chi connectivity index (χ0v) is 16.8. The van der Waals surface area contributed by atoms with E-state index in [4.69, 9.17) is 0 Å². The largest absolute Gasteiger partial charge is 0.276 e. The normalized spacial score (nSPS) is 16.0. The summed E-state index contributed by atoms with van der Waals surface area (Å²) in [5.74, 6) is 0.760. The van der Waals surface area contributed by atoms with E-state index in [0.717, 1.165) is 25.0 Å². The quantitative estimate of drug-likeness (QED) is 0.611. The highest BCUT2D eigenvalue weighted by molar-refractivity contribution is 7.98. The lowest BCUT2D eigenvalue weighted by atomic mass is 10.1. The molecule has 1 aliphatic heterocycles. The summed E-state index contributed by atoms with van der Waals surface area (Å²) in [5.41, 5.74) is 2.86. The Balaban J connectivity index is 1.64. The molecule has 0 radical (unpaired) electrons. The number of nitrogens with zero attached hydrogens (tertiary/aromatic N) is 4. The van der Waals surface area contributed by atoms with Gasteiger partial charge >= 0.3 is 0 Å². The molecule has 6 nitrogen and oxygen atoms in total. The van der Waals surface area contributed by atoms with E-state index in [1.54, 1.807) is 32.6 Å². The molecule has 142 valence electrons. The van der Waals surface area contributed by atoms with Gasteiger partial charge in [-0.25, -0.2) is 8.42 Å². The van der Waals surface area contributed by atoms with Gasteiger partial charge in [0.2, 0.25) is 10.0 Å². The zero-order valence-electron chi connectivity index (χ0n) is 15.2. The molecule has 1 saturated heterocycles. The van der Waals surface area contributed by atoms with E-state index in [-0.39, 0.29) is 4.90 Å². The minimum atomic E-state index is -3.55. The Morgan fingerprint density at radius 2 is 1.81 bits per heavy atom. The molecule has 4 rings (SSSR count). The SMILES string of the molecule is Cc1ccccc1CSc1nnc2c(S(=O)(=O)N3CCCCC3)cccn12. The molecule has 0 unspecified atom stereocenters. The fraction of sp³-hybridized carbons (Fsp3) is 0.368. The van der Waals surface area contributed by atoms with Crippen molar-refractivity contribution < 1.29 is 8.42 Å². The Labute approximate surface area is 163 Å². The van der Waals surface area contributed by atoms with Crippen LogP contribution in [0.25, 0.3) is 5.65 Å². The molecule has 27 heavy (non-hydrogen) atoms. The fourth-order valence-corrected chi connectivity index (χ4v) is 5.96. The second-order valence-corrected chi connectivity index (χ2v) is 9.58. The summed E-state index contributed by atoms with van der Waals surface area (Å²) in [7, 11) is -3.55. The molecule has 2 aromatic heterocycles. The predicted molar refractivity (Wildman–Crippen MR) is 106 cm³/mol. The standard InChI is InChI=1S/C19H22N4O2S2/c1-15-8-3-4-9-16(15)14-26-19-21-20-18-17(10-7-13-23(18)19)27(24,25)22-11-5-2-6-12-22/h3-4,7-10,13H,2,5-6,11-12,14H2,1H3. The lowest BCUT2D eigenvalue weighted by Crippen LogP contribution is -2.35. The van der Waals surface area contributed by atoms with Gasteiger partial charge in [0.25, 0.3) is 0 Å². The van der Waals surface area contributed by atoms with Crippen molar-refractivity contribution in [1.29, 1.82) is 0 Å². The third-order valence-corrected chi connectivity index (χ3v) is 7.83. The molecule has 0 saturated carbocycles. The summed E-state index contributed by atoms with van der Waals surface area (Å²) in [6.07, 6.45) is 4.73. The molecule has 0 bridgehead atoms. The van der Waals surface area contributed by atoms with Crippen LogP contribution in [0.4, 0.5) is 0 Å². The van der Waals surface area contributed by atoms with Gasteiger partial charge in [0.1, 0.15) is 4.90 Å². The van der Waals surface area contributed by atoms with Gasteiger partial charge in [-0.3, -0.25) is 4.40 Å². The second-order valence-electron chi connectivity index (χ2n) is 6.73. The van der Waals surface area contributed by atoms with E-state index in [2.05, 4.69) is 29.3 Å². The molecule has 0 atom stereocenters. The Kier molecular flexibility index (Phi) is 5.21. The van der Waals surface area contributed by atoms with Gasteiger partial charge in [0, 0.05) is 25.0 Å². The molecule has 0 N–H and O–H groups in total. The van der Waals surface area contributed by atoms with Crippen LogP contribution in [-0.2, 0) is 15.8 Å². The van der Waals surface area contributed by atoms with Crippen molar-refractivity contribution in [3.05, 3.63) is 53.7 Å². The lowest BCUT2D eigenvalue weighted by molar-refractivity contribution is 0.347. The molecule has 0 aliphatic carbocycles. The van der Waals surface area contributed by atoms with Crippen molar-refractivity contribution in [1.82, 2.24) is 18.9 Å². The van der Waals surface area contributed by atoms with Crippen molar-refractivity contribution in [2.75, 3.05) is 13.1 Å². The maximum atomic E-state index is 13.1. The first kappa shape index (κ1) is 18.5. The van der Waals surface area contributed by atoms with Gasteiger partial charge in [0.05, 0.1) is 0 Å². The Morgan fingerprint density at radius 3 is 2.59 bits per heavy atom. The number of pyridine rings is 1. The summed E-state index contributed by atoms with van der Waals surface area (Å²) in [5, 5.41) is 9.15. The van der Waals surface area contributed by atoms with Gasteiger partial charge in [0.15, 0.2) is 10.8 Å². The number of sulfonamides is 1. The second kappa shape index (κ2) is 7.61. The molecule has 0 spiro atoms. The topological polar surface area (TPSA) is 67.6 Å². The minimum absolute atomic E-state index is 0.238. The fourth-order valence-electron chi connectivity index (χ4n) is 3.33. The highest BCUT2D eigenvalue weighted by Gasteiger charge is 2.29. The Hall–Kier alpha value is -1.90. The number of aromatic nitrogens is 3. The summed E-state index contributed by atoms with van der Waals surface area (Å²) in [4.78, 5) is 0.238. The average Bonchev–Trinajstić information content (AvgIpc) is 3.11. The number of rotatable bonds is 5. The van der Waals surface area contributed by atoms with Crippen molar-refractivity contribution in [2.45, 2.75) is 42.0 Å². The number of aryl methyl sites for hydroxylation is 1. The number of hydrogen-bond donors (Lipinski definition) is 0. The van der Waals surface area contributed by atoms with Crippen LogP contribution in [0.2, 0.25) is 0 Å². The molecule has 3 aromatic rings. The molecule has 1 fully saturated rings. The van der Waals surface area contributed by atoms with E-state index >= 15 is 0 Å². The molecule has 3 heterocycles. The van der Waals surface area contributed by atoms with Crippen molar-refractivity contribution in [2.24, 2.45) is 0 Å². The molecule has 0 amide bonds. The van der Waals surface area contributed by atoms with E-state index in [1.807, 2.05) is 18.3 Å². The molecular formula is C19H22N4O2S2. The Morgan fingerprint density at radius 1 is 1.04 bits per heavy atom. The van der Waals surface area contributed by atoms with Crippen LogP contribution in [0.1, 0.15) is 30.4 Å². The first-order chi connectivity index (χ1) is 13.1. The third-order valence-electron chi connectivity index (χ3n) is 4.92. The minimum Gasteiger partial charge on any atom is -0.276 e. The van der Waals surface area contributed by atoms with Crippen LogP contribution in [0, 0.1) is 6.92 Å². The van der Waals surface area contributed by atoms with E-state index in [1.165, 1.54) is 11.1 Å². The maximum Gasteiger partial charge on any atom is 0.246 e. The first-order valence-corrected chi connectivity index (χ1v) is 11.5. The van der Waals surface area contributed by atoms with Crippen LogP contribution >= 0.6 is 11.8 Å². The van der Waals surface area contributed by atoms with Crippen LogP contribution in [0.5, 0.6) is 0 Å². The van der Waals surface area contributed by atoms with Gasteiger partial charge < -0.3 is 0 Å². The molecule has 1 aromatic carbocycles. The summed E-state index contributed by atoms with van der Waals surface area (Å²) < 4.78 is 29.5. The lowest BCUT2D eigenvalue weighted by Gasteiger charge is -2.25. The van der Waals surface area contributed by atoms with E-state index in [9.17, 15) is 8.42 Å². The predicted octanol–water partition coefficient (Wildman–Crippen LogP) is 3.50. The van der Waals surface area contributed by atoms with Crippen LogP contribution in [-0.4, -0.2) is 40.4 Å². The summed E-state index contributed by atoms with van der Waals surface area (Å²) in [6.45, 7) is 3.24. The van der Waals surface area contributed by atoms with E-state index in [0.29, 0.717) is 23.9 Å². The zero-order chi connectivity index (χ0) is 18.9. The average molecular weight is 403 g/mol. The first-order valence-electron chi connectivity index (χ1n) is 9.08. The smallest absolute Gasteiger partial charge is 0.246 e. The van der Waals surface area contributed by atoms with Crippen molar-refractivity contribution in [3.63, 3.8) is 0 Å². The van der Waals surface area contributed by atoms with Gasteiger partial charge in [-0.2, -0.15) is 4.31 Å². The monoisotopic (exact) mass is 402 g/mol. The van der Waals surface area contributed by atoms with Crippen LogP contribution in [0.15, 0.2) is 52.6 Å². The number of fused-ring (bicyclic) bond motifs is 1. The van der Waals surface area contributed by atoms with Crippen LogP contribution in [0.3, 0.4) is 0 Å². The van der Waals surface area contributed by atoms with Crippen LogP contribution < -0.4 is 0 Å². The Bertz CT molecular complexity index is 1060. The number of benzene rings is 1. The van der Waals surface area contributed by atoms with Crippen molar-refractivity contribution >= 4 is 27.4 Å². The molecular weight excluding hydrogens is 380 g/mol. The number of thioether (sulfide) groups is 1. The number of piperidine rings is 1. The highest BCUT2D eigenvalue weighted by atomic mass is 32.2. The molecule has 8 heteroatoms. The third kappa shape index (κ3) is 3.61. The van der Waals surface area contributed by atoms with E-state index < -0.39 is 10.0 Å². The van der Waals surface area contributed by atoms with Gasteiger partial charge in [-0.1, -0.05) is 42.4 Å². The molecule has 1 aliphatic rings. The summed E-state index contributed by atoms with van der Waals surface area (Å²) in [6, 6.07) is 11.6. The van der Waals surface area contributed by atoms with Gasteiger partial charge in [-0.05, 0) is 43.0 Å². The highest BCUT2D eigenvalue weighted by Crippen LogP contribution is 2.27. The number of hydrogen-bond acceptors (Lipinski definition) is 5. The van der Waals surface area contributed by atoms with Gasteiger partial charge in [-0.15, -0.1) is 10.2 Å². The maximum absolute atomic E-state index is 13.1. The van der Waals surface area contributed by atoms with Crippen molar-refractivity contribution in [3.8, 4) is 0 Å². The summed E-state index contributed by atoms with van der Waals surface area (Å²) >= 11 is 1.56.